The molecule has 2 aliphatic heterocycles. The fourth-order valence-corrected chi connectivity index (χ4v) is 4.53. The first-order valence-corrected chi connectivity index (χ1v) is 10.8. The molecule has 1 saturated carbocycles. The zero-order chi connectivity index (χ0) is 21.4. The number of phenolic OH excluding ortho intramolecular Hbond substituents is 2. The Labute approximate surface area is 180 Å². The van der Waals surface area contributed by atoms with Crippen molar-refractivity contribution in [3.8, 4) is 28.6 Å². The highest BCUT2D eigenvalue weighted by Crippen LogP contribution is 2.31. The molecule has 0 spiro atoms. The minimum Gasteiger partial charge on any atom is -0.508 e. The number of H-pyrrole nitrogens is 1. The number of nitrogens with zero attached hydrogens (tertiary/aromatic N) is 2. The summed E-state index contributed by atoms with van der Waals surface area (Å²) in [7, 11) is 0. The van der Waals surface area contributed by atoms with Crippen molar-refractivity contribution in [2.24, 2.45) is 5.92 Å². The molecule has 5 rings (SSSR count). The number of aromatic amines is 1. The van der Waals surface area contributed by atoms with Crippen molar-refractivity contribution in [1.82, 2.24) is 14.5 Å². The van der Waals surface area contributed by atoms with Gasteiger partial charge in [0.05, 0.1) is 11.4 Å². The Bertz CT molecular complexity index is 1220. The van der Waals surface area contributed by atoms with Gasteiger partial charge in [0.1, 0.15) is 17.2 Å². The zero-order valence-corrected chi connectivity index (χ0v) is 17.2. The topological polar surface area (TPSA) is 91.1 Å². The molecular formula is C25H25N3O3. The van der Waals surface area contributed by atoms with E-state index in [1.807, 2.05) is 24.3 Å². The number of hydrogen-bond acceptors (Lipinski definition) is 4. The molecule has 3 N–H and O–H groups in total. The van der Waals surface area contributed by atoms with Crippen molar-refractivity contribution < 1.29 is 10.2 Å². The van der Waals surface area contributed by atoms with Gasteiger partial charge in [-0.2, -0.15) is 0 Å². The summed E-state index contributed by atoms with van der Waals surface area (Å²) in [6.45, 7) is 0. The van der Waals surface area contributed by atoms with Gasteiger partial charge in [-0.25, -0.2) is 4.98 Å². The van der Waals surface area contributed by atoms with Crippen molar-refractivity contribution in [3.63, 3.8) is 0 Å². The fourth-order valence-electron chi connectivity index (χ4n) is 4.53. The van der Waals surface area contributed by atoms with E-state index in [2.05, 4.69) is 4.98 Å². The van der Waals surface area contributed by atoms with E-state index in [-0.39, 0.29) is 17.1 Å². The Morgan fingerprint density at radius 2 is 1.61 bits per heavy atom. The second-order valence-electron chi connectivity index (χ2n) is 8.45. The van der Waals surface area contributed by atoms with Crippen LogP contribution in [0.15, 0.2) is 59.5 Å². The Morgan fingerprint density at radius 1 is 0.968 bits per heavy atom. The molecular weight excluding hydrogens is 390 g/mol. The fraction of sp³-hybridized carbons (Fsp3) is 0.280. The van der Waals surface area contributed by atoms with Crippen LogP contribution >= 0.6 is 0 Å². The second-order valence-corrected chi connectivity index (χ2v) is 8.45. The predicted octanol–water partition coefficient (Wildman–Crippen LogP) is 4.40. The largest absolute Gasteiger partial charge is 0.508 e. The Morgan fingerprint density at radius 3 is 2.29 bits per heavy atom. The van der Waals surface area contributed by atoms with E-state index in [0.29, 0.717) is 23.9 Å². The van der Waals surface area contributed by atoms with Gasteiger partial charge in [-0.05, 0) is 59.9 Å². The number of aromatic nitrogens is 3. The first-order chi connectivity index (χ1) is 15.1. The van der Waals surface area contributed by atoms with Crippen molar-refractivity contribution in [3.05, 3.63) is 82.0 Å². The molecule has 1 fully saturated rings. The highest BCUT2D eigenvalue weighted by molar-refractivity contribution is 5.61. The maximum Gasteiger partial charge on any atom is 0.278 e. The SMILES string of the molecule is O=c1c(Cc2ccc(O)cc2)nc2c(CC3CCCC3)[nH]c(-c3ccc(O)cc3)cn1-2. The predicted molar refractivity (Wildman–Crippen MR) is 119 cm³/mol. The molecule has 0 amide bonds. The van der Waals surface area contributed by atoms with Crippen LogP contribution < -0.4 is 5.56 Å². The molecule has 2 heterocycles. The van der Waals surface area contributed by atoms with Crippen LogP contribution in [0.4, 0.5) is 0 Å². The highest BCUT2D eigenvalue weighted by atomic mass is 16.3. The summed E-state index contributed by atoms with van der Waals surface area (Å²) in [5.74, 6) is 1.70. The Balaban J connectivity index is 1.59. The average molecular weight is 415 g/mol. The molecule has 0 atom stereocenters. The Hall–Kier alpha value is -3.54. The monoisotopic (exact) mass is 415 g/mol. The molecule has 1 aliphatic carbocycles. The van der Waals surface area contributed by atoms with Crippen molar-refractivity contribution in [2.45, 2.75) is 38.5 Å². The van der Waals surface area contributed by atoms with Gasteiger partial charge in [0.25, 0.3) is 5.56 Å². The first kappa shape index (κ1) is 19.4. The van der Waals surface area contributed by atoms with Gasteiger partial charge < -0.3 is 15.2 Å². The summed E-state index contributed by atoms with van der Waals surface area (Å²) in [6, 6.07) is 13.8. The lowest BCUT2D eigenvalue weighted by Crippen LogP contribution is -2.18. The van der Waals surface area contributed by atoms with Gasteiger partial charge in [-0.3, -0.25) is 9.36 Å². The molecule has 2 aromatic rings. The third-order valence-electron chi connectivity index (χ3n) is 6.20. The smallest absolute Gasteiger partial charge is 0.278 e. The summed E-state index contributed by atoms with van der Waals surface area (Å²) in [5.41, 5.74) is 4.01. The van der Waals surface area contributed by atoms with Gasteiger partial charge >= 0.3 is 0 Å². The number of rotatable bonds is 5. The lowest BCUT2D eigenvalue weighted by Gasteiger charge is -2.16. The van der Waals surface area contributed by atoms with Crippen molar-refractivity contribution in [2.75, 3.05) is 0 Å². The third-order valence-corrected chi connectivity index (χ3v) is 6.20. The highest BCUT2D eigenvalue weighted by Gasteiger charge is 2.23. The molecule has 2 aromatic carbocycles. The summed E-state index contributed by atoms with van der Waals surface area (Å²) in [6.07, 6.45) is 8.00. The lowest BCUT2D eigenvalue weighted by atomic mass is 10.0. The molecule has 31 heavy (non-hydrogen) atoms. The number of fused-ring (bicyclic) bond motifs is 1. The van der Waals surface area contributed by atoms with Crippen LogP contribution in [-0.2, 0) is 12.8 Å². The number of benzene rings is 2. The van der Waals surface area contributed by atoms with Crippen LogP contribution in [0, 0.1) is 5.92 Å². The van der Waals surface area contributed by atoms with E-state index in [1.165, 1.54) is 25.7 Å². The third kappa shape index (κ3) is 3.93. The van der Waals surface area contributed by atoms with Crippen molar-refractivity contribution >= 4 is 0 Å². The van der Waals surface area contributed by atoms with E-state index >= 15 is 0 Å². The molecule has 0 radical (unpaired) electrons. The van der Waals surface area contributed by atoms with Gasteiger partial charge in [0.2, 0.25) is 0 Å². The standard InChI is InChI=1S/C25H25N3O3/c29-19-9-5-17(6-10-19)14-22-25(31)28-15-23(18-7-11-20(30)12-8-18)26-21(24(28)27-22)13-16-3-1-2-4-16/h5-12,15-16,26,29-30H,1-4,13-14H2. The number of phenols is 2. The van der Waals surface area contributed by atoms with Crippen LogP contribution in [0.3, 0.4) is 0 Å². The molecule has 6 heteroatoms. The molecule has 6 nitrogen and oxygen atoms in total. The number of nitrogens with one attached hydrogen (secondary N) is 1. The molecule has 0 saturated heterocycles. The summed E-state index contributed by atoms with van der Waals surface area (Å²) < 4.78 is 1.65. The van der Waals surface area contributed by atoms with E-state index in [9.17, 15) is 15.0 Å². The van der Waals surface area contributed by atoms with E-state index < -0.39 is 0 Å². The van der Waals surface area contributed by atoms with Crippen LogP contribution in [0.5, 0.6) is 11.5 Å². The zero-order valence-electron chi connectivity index (χ0n) is 17.2. The van der Waals surface area contributed by atoms with E-state index in [4.69, 9.17) is 4.98 Å². The van der Waals surface area contributed by atoms with Gasteiger partial charge in [0.15, 0.2) is 5.82 Å². The van der Waals surface area contributed by atoms with Gasteiger partial charge in [0, 0.05) is 12.6 Å². The van der Waals surface area contributed by atoms with E-state index in [1.54, 1.807) is 35.0 Å². The van der Waals surface area contributed by atoms with Crippen LogP contribution in [0.25, 0.3) is 17.1 Å². The van der Waals surface area contributed by atoms with Crippen molar-refractivity contribution in [1.29, 1.82) is 0 Å². The van der Waals surface area contributed by atoms with E-state index in [0.717, 1.165) is 28.9 Å². The number of imidazole rings is 1. The summed E-state index contributed by atoms with van der Waals surface area (Å²) in [5, 5.41) is 19.2. The minimum atomic E-state index is -0.121. The van der Waals surface area contributed by atoms with Gasteiger partial charge in [-0.1, -0.05) is 37.8 Å². The quantitative estimate of drug-likeness (QED) is 0.451. The summed E-state index contributed by atoms with van der Waals surface area (Å²) in [4.78, 5) is 21.5. The normalized spacial score (nSPS) is 14.5. The molecule has 3 aliphatic rings. The van der Waals surface area contributed by atoms with Gasteiger partial charge in [-0.15, -0.1) is 0 Å². The average Bonchev–Trinajstić information content (AvgIpc) is 3.39. The minimum absolute atomic E-state index is 0.121. The maximum absolute atomic E-state index is 13.2. The van der Waals surface area contributed by atoms with Crippen LogP contribution in [-0.4, -0.2) is 24.7 Å². The molecule has 0 unspecified atom stereocenters. The number of aromatic hydroxyl groups is 2. The molecule has 0 bridgehead atoms. The molecule has 158 valence electrons. The Kier molecular flexibility index (Phi) is 4.98. The van der Waals surface area contributed by atoms with Crippen LogP contribution in [0.1, 0.15) is 42.6 Å². The maximum atomic E-state index is 13.2. The van der Waals surface area contributed by atoms with Crippen LogP contribution in [0.2, 0.25) is 0 Å². The lowest BCUT2D eigenvalue weighted by molar-refractivity contribution is 0.474. The second kappa shape index (κ2) is 7.95. The first-order valence-electron chi connectivity index (χ1n) is 10.8. The number of hydrogen-bond donors (Lipinski definition) is 3. The molecule has 0 aromatic heterocycles. The summed E-state index contributed by atoms with van der Waals surface area (Å²) >= 11 is 0.